The maximum Gasteiger partial charge on any atom is 0 e. The van der Waals surface area contributed by atoms with Crippen molar-refractivity contribution in [1.29, 1.82) is 0 Å². The van der Waals surface area contributed by atoms with Crippen molar-refractivity contribution in [2.45, 2.75) is 6.92 Å². The van der Waals surface area contributed by atoms with E-state index in [4.69, 9.17) is 0 Å². The molecule has 0 amide bonds. The number of likely N-dealkylation sites (N-methyl/N-ethyl adjacent to an activating group) is 1. The predicted octanol–water partition coefficient (Wildman–Crippen LogP) is 1.44. The zero-order valence-corrected chi connectivity index (χ0v) is 19.2. The van der Waals surface area contributed by atoms with Crippen molar-refractivity contribution >= 4 is 0 Å². The summed E-state index contributed by atoms with van der Waals surface area (Å²) in [5, 5.41) is 13.2. The summed E-state index contributed by atoms with van der Waals surface area (Å²) >= 11 is 0. The van der Waals surface area contributed by atoms with Crippen molar-refractivity contribution in [2.75, 3.05) is 58.9 Å². The maximum atomic E-state index is 4.44. The van der Waals surface area contributed by atoms with Crippen molar-refractivity contribution in [3.63, 3.8) is 0 Å². The Balaban J connectivity index is -0.000000653. The molecule has 1 fully saturated rings. The Hall–Kier alpha value is 1.90. The van der Waals surface area contributed by atoms with E-state index in [0.717, 1.165) is 58.9 Å². The Morgan fingerprint density at radius 2 is 1.06 bits per heavy atom. The first-order valence-electron chi connectivity index (χ1n) is 5.55. The average molecular weight is 749 g/mol. The Morgan fingerprint density at radius 1 is 0.706 bits per heavy atom. The van der Waals surface area contributed by atoms with Crippen LogP contribution in [-0.2, 0) is 63.2 Å². The molecule has 0 N–H and O–H groups in total. The standard InChI is InChI=1S/C10H21N4.3W/c1-2-14-9-7-12-5-3-11-4-6-13-8-10-14;;;/h2-10H2,1H3;;;/q-3;;;. The first-order valence-corrected chi connectivity index (χ1v) is 5.55. The van der Waals surface area contributed by atoms with Gasteiger partial charge in [-0.2, -0.15) is 26.2 Å². The molecule has 1 rings (SSSR count). The minimum absolute atomic E-state index is 0. The SMILES string of the molecule is CCN1CC[N-]CC[N-]CC[N-]CC1.[W].[W].[W]. The minimum atomic E-state index is 0. The Morgan fingerprint density at radius 3 is 1.41 bits per heavy atom. The van der Waals surface area contributed by atoms with E-state index in [1.54, 1.807) is 0 Å². The van der Waals surface area contributed by atoms with Crippen LogP contribution in [0, 0.1) is 0 Å². The fraction of sp³-hybridized carbons (Fsp3) is 1.00. The second kappa shape index (κ2) is 17.9. The van der Waals surface area contributed by atoms with E-state index < -0.39 is 0 Å². The van der Waals surface area contributed by atoms with Crippen LogP contribution < -0.4 is 0 Å². The van der Waals surface area contributed by atoms with Crippen LogP contribution in [0.2, 0.25) is 0 Å². The monoisotopic (exact) mass is 749 g/mol. The Labute approximate surface area is 149 Å². The summed E-state index contributed by atoms with van der Waals surface area (Å²) in [7, 11) is 0. The topological polar surface area (TPSA) is 45.5 Å². The summed E-state index contributed by atoms with van der Waals surface area (Å²) < 4.78 is 0. The first kappa shape index (κ1) is 24.0. The van der Waals surface area contributed by atoms with Gasteiger partial charge in [0, 0.05) is 63.2 Å². The van der Waals surface area contributed by atoms with Gasteiger partial charge in [-0.25, -0.2) is 0 Å². The van der Waals surface area contributed by atoms with Crippen molar-refractivity contribution in [1.82, 2.24) is 4.90 Å². The summed E-state index contributed by atoms with van der Waals surface area (Å²) in [5.41, 5.74) is 0. The van der Waals surface area contributed by atoms with Gasteiger partial charge in [0.15, 0.2) is 0 Å². The first-order chi connectivity index (χ1) is 6.93. The Bertz CT molecular complexity index is 129. The van der Waals surface area contributed by atoms with Gasteiger partial charge in [0.05, 0.1) is 0 Å². The molecule has 0 aliphatic carbocycles. The smallest absolute Gasteiger partial charge is 0 e. The average Bonchev–Trinajstić information content (AvgIpc) is 2.19. The van der Waals surface area contributed by atoms with Gasteiger partial charge in [-0.3, -0.25) is 0 Å². The second-order valence-electron chi connectivity index (χ2n) is 3.45. The van der Waals surface area contributed by atoms with Crippen molar-refractivity contribution in [3.05, 3.63) is 16.0 Å². The largest absolute Gasteiger partial charge is 0.665 e. The van der Waals surface area contributed by atoms with Crippen LogP contribution in [0.4, 0.5) is 0 Å². The summed E-state index contributed by atoms with van der Waals surface area (Å²) in [6, 6.07) is 0. The summed E-state index contributed by atoms with van der Waals surface area (Å²) in [4.78, 5) is 2.41. The van der Waals surface area contributed by atoms with Crippen LogP contribution in [0.15, 0.2) is 0 Å². The second-order valence-corrected chi connectivity index (χ2v) is 3.45. The van der Waals surface area contributed by atoms with E-state index in [9.17, 15) is 0 Å². The van der Waals surface area contributed by atoms with E-state index in [1.807, 2.05) is 0 Å². The van der Waals surface area contributed by atoms with Gasteiger partial charge in [0.2, 0.25) is 0 Å². The van der Waals surface area contributed by atoms with Gasteiger partial charge >= 0.3 is 0 Å². The van der Waals surface area contributed by atoms with Gasteiger partial charge in [0.1, 0.15) is 0 Å². The minimum Gasteiger partial charge on any atom is -0.665 e. The van der Waals surface area contributed by atoms with Crippen LogP contribution in [-0.4, -0.2) is 63.8 Å². The van der Waals surface area contributed by atoms with Crippen LogP contribution in [0.25, 0.3) is 16.0 Å². The normalized spacial score (nSPS) is 19.6. The van der Waals surface area contributed by atoms with Crippen molar-refractivity contribution in [2.24, 2.45) is 0 Å². The molecule has 0 bridgehead atoms. The van der Waals surface area contributed by atoms with Crippen LogP contribution in [0.3, 0.4) is 0 Å². The molecule has 0 aromatic carbocycles. The number of hydrogen-bond acceptors (Lipinski definition) is 1. The van der Waals surface area contributed by atoms with Gasteiger partial charge < -0.3 is 20.9 Å². The molecule has 0 radical (unpaired) electrons. The van der Waals surface area contributed by atoms with Crippen molar-refractivity contribution < 1.29 is 63.2 Å². The molecule has 1 saturated heterocycles. The van der Waals surface area contributed by atoms with Gasteiger partial charge in [-0.15, -0.1) is 13.1 Å². The predicted molar refractivity (Wildman–Crippen MR) is 61.4 cm³/mol. The summed E-state index contributed by atoms with van der Waals surface area (Å²) in [6.07, 6.45) is 0. The van der Waals surface area contributed by atoms with E-state index in [2.05, 4.69) is 27.8 Å². The molecule has 0 atom stereocenters. The molecule has 102 valence electrons. The van der Waals surface area contributed by atoms with E-state index in [0.29, 0.717) is 0 Å². The van der Waals surface area contributed by atoms with Gasteiger partial charge in [-0.05, 0) is 19.6 Å². The Kier molecular flexibility index (Phi) is 25.2. The molecule has 4 nitrogen and oxygen atoms in total. The fourth-order valence-corrected chi connectivity index (χ4v) is 1.47. The molecule has 1 aliphatic heterocycles. The summed E-state index contributed by atoms with van der Waals surface area (Å²) in [6.45, 7) is 10.9. The molecule has 1 aliphatic rings. The molecule has 0 unspecified atom stereocenters. The number of rotatable bonds is 1. The molecular formula is C10H21N4W3-3. The number of hydrogen-bond donors (Lipinski definition) is 0. The molecule has 17 heavy (non-hydrogen) atoms. The van der Waals surface area contributed by atoms with E-state index >= 15 is 0 Å². The van der Waals surface area contributed by atoms with Crippen LogP contribution >= 0.6 is 0 Å². The molecule has 0 aromatic rings. The third-order valence-electron chi connectivity index (χ3n) is 2.43. The zero-order valence-electron chi connectivity index (χ0n) is 10.4. The third-order valence-corrected chi connectivity index (χ3v) is 2.43. The maximum absolute atomic E-state index is 4.44. The van der Waals surface area contributed by atoms with Gasteiger partial charge in [-0.1, -0.05) is 6.92 Å². The molecule has 0 spiro atoms. The molecule has 0 saturated carbocycles. The zero-order chi connectivity index (χ0) is 10.1. The van der Waals surface area contributed by atoms with Gasteiger partial charge in [0.25, 0.3) is 0 Å². The molecule has 0 aromatic heterocycles. The number of nitrogens with zero attached hydrogens (tertiary/aromatic N) is 4. The van der Waals surface area contributed by atoms with E-state index in [-0.39, 0.29) is 63.2 Å². The molecular weight excluding hydrogens is 728 g/mol. The quantitative estimate of drug-likeness (QED) is 0.401. The van der Waals surface area contributed by atoms with Crippen LogP contribution in [0.1, 0.15) is 6.92 Å². The van der Waals surface area contributed by atoms with Crippen LogP contribution in [0.5, 0.6) is 0 Å². The third kappa shape index (κ3) is 14.1. The van der Waals surface area contributed by atoms with E-state index in [1.165, 1.54) is 0 Å². The fourth-order valence-electron chi connectivity index (χ4n) is 1.47. The van der Waals surface area contributed by atoms with Crippen molar-refractivity contribution in [3.8, 4) is 0 Å². The molecule has 1 heterocycles. The molecule has 7 heteroatoms. The summed E-state index contributed by atoms with van der Waals surface area (Å²) in [5.74, 6) is 0.